The number of amides is 1. The highest BCUT2D eigenvalue weighted by Crippen LogP contribution is 2.38. The van der Waals surface area contributed by atoms with Crippen LogP contribution in [0.5, 0.6) is 17.2 Å². The first-order chi connectivity index (χ1) is 14.7. The summed E-state index contributed by atoms with van der Waals surface area (Å²) in [6, 6.07) is 7.37. The van der Waals surface area contributed by atoms with E-state index >= 15 is 0 Å². The fourth-order valence-corrected chi connectivity index (χ4v) is 3.23. The molecule has 7 heteroatoms. The summed E-state index contributed by atoms with van der Waals surface area (Å²) in [5, 5.41) is 2.84. The van der Waals surface area contributed by atoms with Gasteiger partial charge in [0, 0.05) is 11.8 Å². The van der Waals surface area contributed by atoms with Gasteiger partial charge in [0.15, 0.2) is 17.6 Å². The lowest BCUT2D eigenvalue weighted by Crippen LogP contribution is -2.30. The number of rotatable bonds is 8. The molecule has 0 aliphatic rings. The van der Waals surface area contributed by atoms with E-state index in [1.165, 1.54) is 34.3 Å². The van der Waals surface area contributed by atoms with Crippen molar-refractivity contribution in [1.29, 1.82) is 0 Å². The van der Waals surface area contributed by atoms with Crippen LogP contribution in [-0.4, -0.2) is 39.3 Å². The Balaban J connectivity index is 2.07. The quantitative estimate of drug-likeness (QED) is 0.502. The van der Waals surface area contributed by atoms with Crippen LogP contribution in [0.4, 0.5) is 5.69 Å². The zero-order valence-electron chi connectivity index (χ0n) is 19.0. The highest BCUT2D eigenvalue weighted by Gasteiger charge is 2.19. The van der Waals surface area contributed by atoms with Gasteiger partial charge in [-0.3, -0.25) is 4.79 Å². The number of carbonyl (C=O) groups excluding carboxylic acids is 2. The third-order valence-corrected chi connectivity index (χ3v) is 4.69. The summed E-state index contributed by atoms with van der Waals surface area (Å²) in [6.07, 6.45) is 1.83. The molecule has 0 spiro atoms. The highest BCUT2D eigenvalue weighted by molar-refractivity contribution is 5.97. The van der Waals surface area contributed by atoms with Crippen LogP contribution in [0.3, 0.4) is 0 Å². The van der Waals surface area contributed by atoms with Crippen molar-refractivity contribution in [1.82, 2.24) is 0 Å². The SMILES string of the molecule is COc1cc(/C=C/C(=O)O[C@H](C)C(=O)Nc2c(C)cc(C)cc2C)cc(OC)c1OC. The standard InChI is InChI=1S/C24H29NO6/c1-14-10-15(2)22(16(3)11-14)25-24(27)17(4)31-21(26)9-8-18-12-19(28-5)23(30-7)20(13-18)29-6/h8-13,17H,1-7H3,(H,25,27)/b9-8+/t17-/m1/s1. The summed E-state index contributed by atoms with van der Waals surface area (Å²) in [4.78, 5) is 24.7. The fraction of sp³-hybridized carbons (Fsp3) is 0.333. The van der Waals surface area contributed by atoms with E-state index < -0.39 is 18.0 Å². The summed E-state index contributed by atoms with van der Waals surface area (Å²) in [6.45, 7) is 7.37. The third kappa shape index (κ3) is 6.01. The lowest BCUT2D eigenvalue weighted by atomic mass is 10.0. The summed E-state index contributed by atoms with van der Waals surface area (Å²) in [5.41, 5.74) is 4.39. The average Bonchev–Trinajstić information content (AvgIpc) is 2.73. The van der Waals surface area contributed by atoms with Crippen LogP contribution in [0.2, 0.25) is 0 Å². The van der Waals surface area contributed by atoms with E-state index in [0.29, 0.717) is 22.8 Å². The largest absolute Gasteiger partial charge is 0.493 e. The minimum atomic E-state index is -0.961. The Kier molecular flexibility index (Phi) is 8.07. The van der Waals surface area contributed by atoms with Gasteiger partial charge in [-0.1, -0.05) is 17.7 Å². The molecule has 0 heterocycles. The van der Waals surface area contributed by atoms with Crippen LogP contribution in [0.1, 0.15) is 29.2 Å². The second-order valence-electron chi connectivity index (χ2n) is 7.13. The van der Waals surface area contributed by atoms with E-state index in [0.717, 1.165) is 22.4 Å². The minimum absolute atomic E-state index is 0.399. The lowest BCUT2D eigenvalue weighted by Gasteiger charge is -2.16. The maximum Gasteiger partial charge on any atom is 0.331 e. The molecule has 1 atom stereocenters. The first-order valence-corrected chi connectivity index (χ1v) is 9.77. The van der Waals surface area contributed by atoms with Crippen LogP contribution in [0.15, 0.2) is 30.3 Å². The number of ether oxygens (including phenoxy) is 4. The molecule has 0 radical (unpaired) electrons. The molecular formula is C24H29NO6. The van der Waals surface area contributed by atoms with Crippen LogP contribution < -0.4 is 19.5 Å². The topological polar surface area (TPSA) is 83.1 Å². The van der Waals surface area contributed by atoms with Crippen molar-refractivity contribution in [3.63, 3.8) is 0 Å². The van der Waals surface area contributed by atoms with Crippen molar-refractivity contribution >= 4 is 23.6 Å². The number of methoxy groups -OCH3 is 3. The smallest absolute Gasteiger partial charge is 0.331 e. The molecule has 2 aromatic carbocycles. The van der Waals surface area contributed by atoms with Gasteiger partial charge in [-0.05, 0) is 62.6 Å². The number of hydrogen-bond donors (Lipinski definition) is 1. The van der Waals surface area contributed by atoms with Crippen LogP contribution in [0, 0.1) is 20.8 Å². The summed E-state index contributed by atoms with van der Waals surface area (Å²) >= 11 is 0. The van der Waals surface area contributed by atoms with E-state index in [-0.39, 0.29) is 0 Å². The predicted octanol–water partition coefficient (Wildman–Crippen LogP) is 4.22. The van der Waals surface area contributed by atoms with Crippen molar-refractivity contribution in [2.24, 2.45) is 0 Å². The molecule has 7 nitrogen and oxygen atoms in total. The van der Waals surface area contributed by atoms with Gasteiger partial charge in [0.1, 0.15) is 0 Å². The maximum atomic E-state index is 12.5. The van der Waals surface area contributed by atoms with Gasteiger partial charge in [-0.2, -0.15) is 0 Å². The predicted molar refractivity (Wildman–Crippen MR) is 120 cm³/mol. The van der Waals surface area contributed by atoms with Gasteiger partial charge in [-0.25, -0.2) is 4.79 Å². The Morgan fingerprint density at radius 1 is 0.903 bits per heavy atom. The molecule has 2 rings (SSSR count). The molecular weight excluding hydrogens is 398 g/mol. The molecule has 0 saturated carbocycles. The molecule has 0 aromatic heterocycles. The van der Waals surface area contributed by atoms with E-state index in [4.69, 9.17) is 18.9 Å². The average molecular weight is 427 g/mol. The Bertz CT molecular complexity index is 948. The number of aryl methyl sites for hydroxylation is 3. The Morgan fingerprint density at radius 3 is 1.94 bits per heavy atom. The summed E-state index contributed by atoms with van der Waals surface area (Å²) in [7, 11) is 4.53. The summed E-state index contributed by atoms with van der Waals surface area (Å²) < 4.78 is 21.1. The molecule has 166 valence electrons. The number of carbonyl (C=O) groups is 2. The van der Waals surface area contributed by atoms with Crippen LogP contribution in [-0.2, 0) is 14.3 Å². The number of hydrogen-bond acceptors (Lipinski definition) is 6. The van der Waals surface area contributed by atoms with Gasteiger partial charge in [-0.15, -0.1) is 0 Å². The van der Waals surface area contributed by atoms with Crippen molar-refractivity contribution in [2.75, 3.05) is 26.6 Å². The molecule has 0 bridgehead atoms. The Hall–Kier alpha value is -3.48. The maximum absolute atomic E-state index is 12.5. The van der Waals surface area contributed by atoms with E-state index in [1.54, 1.807) is 18.2 Å². The van der Waals surface area contributed by atoms with Crippen molar-refractivity contribution in [3.05, 3.63) is 52.6 Å². The third-order valence-electron chi connectivity index (χ3n) is 4.69. The minimum Gasteiger partial charge on any atom is -0.493 e. The molecule has 0 saturated heterocycles. The van der Waals surface area contributed by atoms with Crippen LogP contribution in [0.25, 0.3) is 6.08 Å². The first-order valence-electron chi connectivity index (χ1n) is 9.77. The second-order valence-corrected chi connectivity index (χ2v) is 7.13. The van der Waals surface area contributed by atoms with Gasteiger partial charge >= 0.3 is 5.97 Å². The molecule has 31 heavy (non-hydrogen) atoms. The van der Waals surface area contributed by atoms with Gasteiger partial charge < -0.3 is 24.3 Å². The number of nitrogens with one attached hydrogen (secondary N) is 1. The molecule has 2 aromatic rings. The van der Waals surface area contributed by atoms with Crippen molar-refractivity contribution < 1.29 is 28.5 Å². The van der Waals surface area contributed by atoms with Crippen LogP contribution >= 0.6 is 0 Å². The lowest BCUT2D eigenvalue weighted by molar-refractivity contribution is -0.148. The van der Waals surface area contributed by atoms with Crippen molar-refractivity contribution in [3.8, 4) is 17.2 Å². The van der Waals surface area contributed by atoms with E-state index in [2.05, 4.69) is 5.32 Å². The number of esters is 1. The van der Waals surface area contributed by atoms with Gasteiger partial charge in [0.05, 0.1) is 21.3 Å². The van der Waals surface area contributed by atoms with Crippen molar-refractivity contribution in [2.45, 2.75) is 33.8 Å². The fourth-order valence-electron chi connectivity index (χ4n) is 3.23. The summed E-state index contributed by atoms with van der Waals surface area (Å²) in [5.74, 6) is 0.341. The zero-order valence-corrected chi connectivity index (χ0v) is 19.0. The van der Waals surface area contributed by atoms with E-state index in [1.807, 2.05) is 32.9 Å². The Labute approximate surface area is 183 Å². The molecule has 0 aliphatic heterocycles. The highest BCUT2D eigenvalue weighted by atomic mass is 16.5. The van der Waals surface area contributed by atoms with Gasteiger partial charge in [0.25, 0.3) is 5.91 Å². The zero-order chi connectivity index (χ0) is 23.1. The monoisotopic (exact) mass is 427 g/mol. The molecule has 0 unspecified atom stereocenters. The number of anilines is 1. The van der Waals surface area contributed by atoms with E-state index in [9.17, 15) is 9.59 Å². The molecule has 1 amide bonds. The molecule has 1 N–H and O–H groups in total. The second kappa shape index (κ2) is 10.5. The van der Waals surface area contributed by atoms with Gasteiger partial charge in [0.2, 0.25) is 5.75 Å². The molecule has 0 aliphatic carbocycles. The normalized spacial score (nSPS) is 11.7. The molecule has 0 fully saturated rings. The number of benzene rings is 2. The first kappa shape index (κ1) is 23.8. The Morgan fingerprint density at radius 2 is 1.45 bits per heavy atom.